The van der Waals surface area contributed by atoms with Gasteiger partial charge in [0.05, 0.1) is 12.3 Å². The van der Waals surface area contributed by atoms with E-state index in [-0.39, 0.29) is 5.97 Å². The first-order valence-electron chi connectivity index (χ1n) is 8.20. The maximum absolute atomic E-state index is 12.8. The van der Waals surface area contributed by atoms with E-state index in [9.17, 15) is 4.79 Å². The lowest BCUT2D eigenvalue weighted by Gasteiger charge is -2.08. The number of carbonyl (C=O) groups is 1. The second-order valence-electron chi connectivity index (χ2n) is 5.65. The molecule has 0 amide bonds. The van der Waals surface area contributed by atoms with E-state index in [1.165, 1.54) is 0 Å². The van der Waals surface area contributed by atoms with Crippen LogP contribution in [-0.4, -0.2) is 17.0 Å². The quantitative estimate of drug-likeness (QED) is 0.456. The van der Waals surface area contributed by atoms with Crippen molar-refractivity contribution in [2.24, 2.45) is 0 Å². The molecule has 0 fully saturated rings. The molecule has 4 aromatic rings. The van der Waals surface area contributed by atoms with E-state index in [0.29, 0.717) is 12.3 Å². The highest BCUT2D eigenvalue weighted by Crippen LogP contribution is 2.35. The monoisotopic (exact) mass is 347 g/mol. The van der Waals surface area contributed by atoms with Gasteiger partial charge in [-0.15, -0.1) is 11.3 Å². The molecular weight excluding hydrogens is 330 g/mol. The summed E-state index contributed by atoms with van der Waals surface area (Å²) in [6.45, 7) is 2.18. The lowest BCUT2D eigenvalue weighted by Crippen LogP contribution is -2.09. The molecule has 2 heterocycles. The van der Waals surface area contributed by atoms with Gasteiger partial charge in [0.2, 0.25) is 0 Å². The third kappa shape index (κ3) is 2.75. The molecule has 4 heteroatoms. The standard InChI is InChI=1S/C21H17NO2S/c1-2-24-21(23)20-17(15-9-5-3-6-10-15)13-19-22(20)18(14-25-19)16-11-7-4-8-12-16/h3-14H,2H2,1H3. The Morgan fingerprint density at radius 1 is 1.00 bits per heavy atom. The van der Waals surface area contributed by atoms with E-state index in [0.717, 1.165) is 27.2 Å². The van der Waals surface area contributed by atoms with Crippen LogP contribution in [0.3, 0.4) is 0 Å². The molecule has 0 atom stereocenters. The Morgan fingerprint density at radius 3 is 2.28 bits per heavy atom. The number of nitrogens with zero attached hydrogens (tertiary/aromatic N) is 1. The van der Waals surface area contributed by atoms with E-state index >= 15 is 0 Å². The van der Waals surface area contributed by atoms with Crippen LogP contribution in [-0.2, 0) is 4.74 Å². The Labute approximate surface area is 150 Å². The topological polar surface area (TPSA) is 30.7 Å². The zero-order valence-corrected chi connectivity index (χ0v) is 14.6. The summed E-state index contributed by atoms with van der Waals surface area (Å²) in [5.74, 6) is -0.295. The van der Waals surface area contributed by atoms with Crippen molar-refractivity contribution in [3.05, 3.63) is 77.8 Å². The number of benzene rings is 2. The third-order valence-corrected chi connectivity index (χ3v) is 5.01. The molecule has 0 spiro atoms. The van der Waals surface area contributed by atoms with Gasteiger partial charge < -0.3 is 4.74 Å². The predicted octanol–water partition coefficient (Wildman–Crippen LogP) is 5.51. The van der Waals surface area contributed by atoms with Gasteiger partial charge in [0.1, 0.15) is 10.5 Å². The molecule has 0 N–H and O–H groups in total. The molecule has 2 aromatic carbocycles. The van der Waals surface area contributed by atoms with Gasteiger partial charge in [-0.2, -0.15) is 0 Å². The highest BCUT2D eigenvalue weighted by Gasteiger charge is 2.23. The molecule has 25 heavy (non-hydrogen) atoms. The first-order valence-corrected chi connectivity index (χ1v) is 9.08. The van der Waals surface area contributed by atoms with Crippen LogP contribution in [0, 0.1) is 0 Å². The van der Waals surface area contributed by atoms with E-state index in [4.69, 9.17) is 4.74 Å². The highest BCUT2D eigenvalue weighted by molar-refractivity contribution is 7.16. The van der Waals surface area contributed by atoms with Crippen molar-refractivity contribution < 1.29 is 9.53 Å². The minimum absolute atomic E-state index is 0.295. The fourth-order valence-corrected chi connectivity index (χ4v) is 3.98. The fourth-order valence-electron chi connectivity index (χ4n) is 3.03. The van der Waals surface area contributed by atoms with Crippen LogP contribution in [0.1, 0.15) is 17.4 Å². The maximum atomic E-state index is 12.8. The average molecular weight is 347 g/mol. The van der Waals surface area contributed by atoms with Crippen LogP contribution >= 0.6 is 11.3 Å². The molecule has 0 bridgehead atoms. The van der Waals surface area contributed by atoms with Crippen LogP contribution in [0.2, 0.25) is 0 Å². The summed E-state index contributed by atoms with van der Waals surface area (Å²) in [5, 5.41) is 2.09. The number of carbonyl (C=O) groups excluding carboxylic acids is 1. The molecule has 2 aromatic heterocycles. The Balaban J connectivity index is 2.00. The van der Waals surface area contributed by atoms with E-state index < -0.39 is 0 Å². The third-order valence-electron chi connectivity index (χ3n) is 4.12. The number of esters is 1. The molecule has 4 rings (SSSR count). The van der Waals surface area contributed by atoms with Crippen LogP contribution in [0.5, 0.6) is 0 Å². The van der Waals surface area contributed by atoms with Crippen molar-refractivity contribution in [1.82, 2.24) is 4.40 Å². The smallest absolute Gasteiger partial charge is 0.355 e. The predicted molar refractivity (Wildman–Crippen MR) is 102 cm³/mol. The Morgan fingerprint density at radius 2 is 1.64 bits per heavy atom. The summed E-state index contributed by atoms with van der Waals surface area (Å²) in [5.41, 5.74) is 4.59. The average Bonchev–Trinajstić information content (AvgIpc) is 3.22. The lowest BCUT2D eigenvalue weighted by atomic mass is 10.1. The molecular formula is C21H17NO2S. The summed E-state index contributed by atoms with van der Waals surface area (Å²) < 4.78 is 7.38. The van der Waals surface area contributed by atoms with Gasteiger partial charge in [0.15, 0.2) is 0 Å². The van der Waals surface area contributed by atoms with Gasteiger partial charge in [-0.25, -0.2) is 4.79 Å². The Hall–Kier alpha value is -2.85. The number of rotatable bonds is 4. The Kier molecular flexibility index (Phi) is 4.12. The van der Waals surface area contributed by atoms with Gasteiger partial charge in [-0.05, 0) is 24.1 Å². The molecule has 124 valence electrons. The summed E-state index contributed by atoms with van der Waals surface area (Å²) in [4.78, 5) is 13.8. The largest absolute Gasteiger partial charge is 0.461 e. The summed E-state index contributed by atoms with van der Waals surface area (Å²) in [6, 6.07) is 22.1. The van der Waals surface area contributed by atoms with Crippen molar-refractivity contribution in [2.45, 2.75) is 6.92 Å². The van der Waals surface area contributed by atoms with Crippen molar-refractivity contribution in [1.29, 1.82) is 0 Å². The zero-order valence-electron chi connectivity index (χ0n) is 13.8. The van der Waals surface area contributed by atoms with Crippen LogP contribution in [0.25, 0.3) is 27.2 Å². The molecule has 0 unspecified atom stereocenters. The van der Waals surface area contributed by atoms with Crippen LogP contribution in [0.4, 0.5) is 0 Å². The van der Waals surface area contributed by atoms with Crippen molar-refractivity contribution >= 4 is 22.1 Å². The summed E-state index contributed by atoms with van der Waals surface area (Å²) >= 11 is 1.63. The molecule has 0 saturated carbocycles. The van der Waals surface area contributed by atoms with Crippen molar-refractivity contribution in [2.75, 3.05) is 6.61 Å². The zero-order chi connectivity index (χ0) is 17.2. The second kappa shape index (κ2) is 6.57. The lowest BCUT2D eigenvalue weighted by molar-refractivity contribution is 0.0519. The minimum atomic E-state index is -0.295. The van der Waals surface area contributed by atoms with Gasteiger partial charge in [0.25, 0.3) is 0 Å². The number of hydrogen-bond acceptors (Lipinski definition) is 3. The fraction of sp³-hybridized carbons (Fsp3) is 0.0952. The second-order valence-corrected chi connectivity index (χ2v) is 6.54. The normalized spacial score (nSPS) is 10.9. The summed E-state index contributed by atoms with van der Waals surface area (Å²) in [6.07, 6.45) is 0. The SMILES string of the molecule is CCOC(=O)c1c(-c2ccccc2)cc2scc(-c3ccccc3)n12. The number of hydrogen-bond donors (Lipinski definition) is 0. The van der Waals surface area contributed by atoms with E-state index in [1.807, 2.05) is 59.9 Å². The molecule has 0 aliphatic heterocycles. The first kappa shape index (κ1) is 15.7. The van der Waals surface area contributed by atoms with Crippen molar-refractivity contribution in [3.63, 3.8) is 0 Å². The molecule has 0 aliphatic rings. The minimum Gasteiger partial charge on any atom is -0.461 e. The molecule has 0 saturated heterocycles. The Bertz CT molecular complexity index is 1020. The van der Waals surface area contributed by atoms with E-state index in [1.54, 1.807) is 11.3 Å². The molecule has 0 radical (unpaired) electrons. The van der Waals surface area contributed by atoms with Crippen LogP contribution in [0.15, 0.2) is 72.1 Å². The molecule has 3 nitrogen and oxygen atoms in total. The van der Waals surface area contributed by atoms with Gasteiger partial charge in [-0.1, -0.05) is 60.7 Å². The number of fused-ring (bicyclic) bond motifs is 1. The number of aromatic nitrogens is 1. The highest BCUT2D eigenvalue weighted by atomic mass is 32.1. The van der Waals surface area contributed by atoms with Crippen LogP contribution < -0.4 is 0 Å². The maximum Gasteiger partial charge on any atom is 0.355 e. The van der Waals surface area contributed by atoms with Gasteiger partial charge >= 0.3 is 5.97 Å². The van der Waals surface area contributed by atoms with Crippen molar-refractivity contribution in [3.8, 4) is 22.4 Å². The van der Waals surface area contributed by atoms with Gasteiger partial charge in [0, 0.05) is 10.9 Å². The summed E-state index contributed by atoms with van der Waals surface area (Å²) in [7, 11) is 0. The number of thiazole rings is 1. The number of ether oxygens (including phenoxy) is 1. The van der Waals surface area contributed by atoms with E-state index in [2.05, 4.69) is 23.6 Å². The van der Waals surface area contributed by atoms with Gasteiger partial charge in [-0.3, -0.25) is 4.40 Å². The first-order chi connectivity index (χ1) is 12.3. The molecule has 0 aliphatic carbocycles.